The number of nitrogens with zero attached hydrogens (tertiary/aromatic N) is 1. The smallest absolute Gasteiger partial charge is 0.0454 e. The molecule has 0 amide bonds. The van der Waals surface area contributed by atoms with Gasteiger partial charge in [0.1, 0.15) is 0 Å². The average molecular weight is 204 g/mol. The van der Waals surface area contributed by atoms with Crippen molar-refractivity contribution in [1.82, 2.24) is 10.2 Å². The van der Waals surface area contributed by atoms with Crippen LogP contribution in [0.3, 0.4) is 0 Å². The standard InChI is InChI=1S/C13H20N2/c1-10(2)14-13-9-15(3)8-11-6-4-5-7-12(11)13/h4-7,10,13-14H,8-9H2,1-3H3. The van der Waals surface area contributed by atoms with Crippen molar-refractivity contribution in [3.05, 3.63) is 35.4 Å². The summed E-state index contributed by atoms with van der Waals surface area (Å²) < 4.78 is 0. The Morgan fingerprint density at radius 3 is 2.80 bits per heavy atom. The maximum Gasteiger partial charge on any atom is 0.0454 e. The zero-order chi connectivity index (χ0) is 10.8. The van der Waals surface area contributed by atoms with Gasteiger partial charge in [-0.3, -0.25) is 0 Å². The van der Waals surface area contributed by atoms with Crippen molar-refractivity contribution in [3.63, 3.8) is 0 Å². The SMILES string of the molecule is CC(C)NC1CN(C)Cc2ccccc21. The molecule has 0 fully saturated rings. The highest BCUT2D eigenvalue weighted by molar-refractivity contribution is 5.32. The molecular formula is C13H20N2. The fourth-order valence-electron chi connectivity index (χ4n) is 2.33. The second-order valence-corrected chi connectivity index (χ2v) is 4.77. The van der Waals surface area contributed by atoms with E-state index in [4.69, 9.17) is 0 Å². The van der Waals surface area contributed by atoms with Crippen LogP contribution in [0.15, 0.2) is 24.3 Å². The number of likely N-dealkylation sites (N-methyl/N-ethyl adjacent to an activating group) is 1. The third kappa shape index (κ3) is 2.39. The van der Waals surface area contributed by atoms with Gasteiger partial charge in [0.05, 0.1) is 0 Å². The fourth-order valence-corrected chi connectivity index (χ4v) is 2.33. The Bertz CT molecular complexity index is 333. The molecule has 1 unspecified atom stereocenters. The van der Waals surface area contributed by atoms with Crippen LogP contribution in [0.4, 0.5) is 0 Å². The molecule has 1 aliphatic heterocycles. The minimum atomic E-state index is 0.486. The molecule has 1 atom stereocenters. The van der Waals surface area contributed by atoms with Crippen LogP contribution in [0, 0.1) is 0 Å². The highest BCUT2D eigenvalue weighted by Gasteiger charge is 2.22. The van der Waals surface area contributed by atoms with Gasteiger partial charge in [-0.25, -0.2) is 0 Å². The first-order valence-electron chi connectivity index (χ1n) is 5.69. The zero-order valence-corrected chi connectivity index (χ0v) is 9.83. The summed E-state index contributed by atoms with van der Waals surface area (Å²) in [7, 11) is 2.19. The van der Waals surface area contributed by atoms with E-state index in [1.165, 1.54) is 11.1 Å². The highest BCUT2D eigenvalue weighted by Crippen LogP contribution is 2.25. The number of fused-ring (bicyclic) bond motifs is 1. The molecule has 0 aromatic heterocycles. The van der Waals surface area contributed by atoms with Gasteiger partial charge in [0.2, 0.25) is 0 Å². The van der Waals surface area contributed by atoms with Crippen molar-refractivity contribution in [2.75, 3.05) is 13.6 Å². The van der Waals surface area contributed by atoms with Gasteiger partial charge in [0.25, 0.3) is 0 Å². The Hall–Kier alpha value is -0.860. The fraction of sp³-hybridized carbons (Fsp3) is 0.538. The van der Waals surface area contributed by atoms with Gasteiger partial charge in [0, 0.05) is 25.2 Å². The first-order chi connectivity index (χ1) is 7.16. The number of hydrogen-bond acceptors (Lipinski definition) is 2. The minimum absolute atomic E-state index is 0.486. The van der Waals surface area contributed by atoms with Crippen LogP contribution in [0.25, 0.3) is 0 Å². The van der Waals surface area contributed by atoms with Gasteiger partial charge < -0.3 is 10.2 Å². The summed E-state index contributed by atoms with van der Waals surface area (Å²) >= 11 is 0. The minimum Gasteiger partial charge on any atom is -0.307 e. The van der Waals surface area contributed by atoms with Gasteiger partial charge >= 0.3 is 0 Å². The molecule has 0 radical (unpaired) electrons. The third-order valence-electron chi connectivity index (χ3n) is 2.90. The first kappa shape index (κ1) is 10.7. The predicted molar refractivity (Wildman–Crippen MR) is 63.8 cm³/mol. The van der Waals surface area contributed by atoms with E-state index >= 15 is 0 Å². The number of nitrogens with one attached hydrogen (secondary N) is 1. The topological polar surface area (TPSA) is 15.3 Å². The van der Waals surface area contributed by atoms with E-state index in [1.807, 2.05) is 0 Å². The van der Waals surface area contributed by atoms with Gasteiger partial charge in [-0.2, -0.15) is 0 Å². The van der Waals surface area contributed by atoms with E-state index < -0.39 is 0 Å². The Balaban J connectivity index is 2.26. The lowest BCUT2D eigenvalue weighted by molar-refractivity contribution is 0.253. The molecule has 2 rings (SSSR count). The monoisotopic (exact) mass is 204 g/mol. The van der Waals surface area contributed by atoms with Crippen LogP contribution in [0.2, 0.25) is 0 Å². The summed E-state index contributed by atoms with van der Waals surface area (Å²) in [5.41, 5.74) is 2.94. The van der Waals surface area contributed by atoms with Crippen molar-refractivity contribution in [2.45, 2.75) is 32.5 Å². The van der Waals surface area contributed by atoms with Crippen molar-refractivity contribution in [2.24, 2.45) is 0 Å². The lowest BCUT2D eigenvalue weighted by atomic mass is 9.95. The van der Waals surface area contributed by atoms with Gasteiger partial charge in [0.15, 0.2) is 0 Å². The molecule has 0 saturated heterocycles. The summed E-state index contributed by atoms with van der Waals surface area (Å²) in [4.78, 5) is 2.38. The summed E-state index contributed by atoms with van der Waals surface area (Å²) in [6.45, 7) is 6.59. The molecule has 1 aliphatic rings. The molecule has 1 heterocycles. The molecular weight excluding hydrogens is 184 g/mol. The van der Waals surface area contributed by atoms with E-state index in [1.54, 1.807) is 0 Å². The lowest BCUT2D eigenvalue weighted by Gasteiger charge is -2.33. The second-order valence-electron chi connectivity index (χ2n) is 4.77. The second kappa shape index (κ2) is 4.33. The lowest BCUT2D eigenvalue weighted by Crippen LogP contribution is -2.40. The summed E-state index contributed by atoms with van der Waals surface area (Å²) in [5, 5.41) is 3.63. The molecule has 0 saturated carbocycles. The molecule has 0 aliphatic carbocycles. The van der Waals surface area contributed by atoms with Crippen molar-refractivity contribution < 1.29 is 0 Å². The maximum atomic E-state index is 3.63. The average Bonchev–Trinajstić information content (AvgIpc) is 2.16. The summed E-state index contributed by atoms with van der Waals surface area (Å²) in [6.07, 6.45) is 0. The van der Waals surface area contributed by atoms with E-state index in [-0.39, 0.29) is 0 Å². The molecule has 0 bridgehead atoms. The van der Waals surface area contributed by atoms with Crippen LogP contribution < -0.4 is 5.32 Å². The summed E-state index contributed by atoms with van der Waals surface area (Å²) in [6, 6.07) is 9.78. The number of benzene rings is 1. The van der Waals surface area contributed by atoms with Crippen molar-refractivity contribution >= 4 is 0 Å². The van der Waals surface area contributed by atoms with Gasteiger partial charge in [-0.15, -0.1) is 0 Å². The van der Waals surface area contributed by atoms with E-state index in [2.05, 4.69) is 55.4 Å². The Morgan fingerprint density at radius 2 is 2.07 bits per heavy atom. The van der Waals surface area contributed by atoms with E-state index in [9.17, 15) is 0 Å². The summed E-state index contributed by atoms with van der Waals surface area (Å²) in [5.74, 6) is 0. The number of rotatable bonds is 2. The maximum absolute atomic E-state index is 3.63. The molecule has 15 heavy (non-hydrogen) atoms. The first-order valence-corrected chi connectivity index (χ1v) is 5.69. The molecule has 1 aromatic carbocycles. The molecule has 0 spiro atoms. The van der Waals surface area contributed by atoms with Crippen LogP contribution in [-0.2, 0) is 6.54 Å². The Morgan fingerprint density at radius 1 is 1.33 bits per heavy atom. The third-order valence-corrected chi connectivity index (χ3v) is 2.90. The number of hydrogen-bond donors (Lipinski definition) is 1. The van der Waals surface area contributed by atoms with E-state index in [0.29, 0.717) is 12.1 Å². The quantitative estimate of drug-likeness (QED) is 0.794. The van der Waals surface area contributed by atoms with Gasteiger partial charge in [-0.05, 0) is 18.2 Å². The predicted octanol–water partition coefficient (Wildman–Crippen LogP) is 2.17. The Kier molecular flexibility index (Phi) is 3.08. The van der Waals surface area contributed by atoms with Gasteiger partial charge in [-0.1, -0.05) is 38.1 Å². The van der Waals surface area contributed by atoms with Crippen LogP contribution in [-0.4, -0.2) is 24.5 Å². The molecule has 82 valence electrons. The molecule has 2 nitrogen and oxygen atoms in total. The van der Waals surface area contributed by atoms with Crippen LogP contribution in [0.5, 0.6) is 0 Å². The van der Waals surface area contributed by atoms with Crippen LogP contribution >= 0.6 is 0 Å². The molecule has 1 aromatic rings. The zero-order valence-electron chi connectivity index (χ0n) is 9.83. The van der Waals surface area contributed by atoms with Crippen molar-refractivity contribution in [3.8, 4) is 0 Å². The highest BCUT2D eigenvalue weighted by atomic mass is 15.1. The molecule has 1 N–H and O–H groups in total. The Labute approximate surface area is 92.3 Å². The molecule has 2 heteroatoms. The van der Waals surface area contributed by atoms with E-state index in [0.717, 1.165) is 13.1 Å². The normalized spacial score (nSPS) is 21.7. The largest absolute Gasteiger partial charge is 0.307 e. The van der Waals surface area contributed by atoms with Crippen molar-refractivity contribution in [1.29, 1.82) is 0 Å². The van der Waals surface area contributed by atoms with Crippen LogP contribution in [0.1, 0.15) is 31.0 Å².